The Morgan fingerprint density at radius 3 is 2.88 bits per heavy atom. The lowest BCUT2D eigenvalue weighted by Crippen LogP contribution is -1.97. The Hall–Kier alpha value is -1.51. The Kier molecular flexibility index (Phi) is 4.42. The quantitative estimate of drug-likeness (QED) is 0.591. The van der Waals surface area contributed by atoms with E-state index in [9.17, 15) is 0 Å². The number of hydrogen-bond acceptors (Lipinski definition) is 3. The first-order valence-corrected chi connectivity index (χ1v) is 6.29. The fourth-order valence-corrected chi connectivity index (χ4v) is 1.68. The summed E-state index contributed by atoms with van der Waals surface area (Å²) in [6.07, 6.45) is 5.17. The van der Waals surface area contributed by atoms with Crippen LogP contribution >= 0.6 is 0 Å². The molecule has 0 amide bonds. The van der Waals surface area contributed by atoms with Gasteiger partial charge >= 0.3 is 0 Å². The third-order valence-electron chi connectivity index (χ3n) is 2.65. The second kappa shape index (κ2) is 6.28. The number of rotatable bonds is 4. The van der Waals surface area contributed by atoms with Gasteiger partial charge in [0, 0.05) is 19.2 Å². The predicted molar refractivity (Wildman–Crippen MR) is 69.4 cm³/mol. The fourth-order valence-electron chi connectivity index (χ4n) is 1.68. The Bertz CT molecular complexity index is 388. The monoisotopic (exact) mass is 233 g/mol. The van der Waals surface area contributed by atoms with E-state index in [0.717, 1.165) is 49.7 Å². The summed E-state index contributed by atoms with van der Waals surface area (Å²) in [4.78, 5) is 4.38. The minimum Gasteiger partial charge on any atom is -0.490 e. The van der Waals surface area contributed by atoms with Crippen LogP contribution in [0.5, 0.6) is 11.5 Å². The van der Waals surface area contributed by atoms with Crippen molar-refractivity contribution in [2.75, 3.05) is 19.8 Å². The minimum absolute atomic E-state index is 0.726. The third kappa shape index (κ3) is 3.48. The van der Waals surface area contributed by atoms with Crippen LogP contribution in [-0.2, 0) is 0 Å². The molecule has 0 radical (unpaired) electrons. The summed E-state index contributed by atoms with van der Waals surface area (Å²) in [6, 6.07) is 5.97. The van der Waals surface area contributed by atoms with Gasteiger partial charge in [-0.15, -0.1) is 0 Å². The summed E-state index contributed by atoms with van der Waals surface area (Å²) < 4.78 is 11.2. The largest absolute Gasteiger partial charge is 0.490 e. The molecule has 0 aromatic heterocycles. The molecule has 3 nitrogen and oxygen atoms in total. The normalized spacial score (nSPS) is 14.9. The molecule has 1 aliphatic rings. The van der Waals surface area contributed by atoms with Crippen LogP contribution in [0.2, 0.25) is 0 Å². The SMILES string of the molecule is CCCCN=Cc1ccc2c(c1)OCCCO2. The van der Waals surface area contributed by atoms with Gasteiger partial charge in [-0.25, -0.2) is 0 Å². The lowest BCUT2D eigenvalue weighted by molar-refractivity contribution is 0.297. The zero-order chi connectivity index (χ0) is 11.9. The van der Waals surface area contributed by atoms with Crippen LogP contribution in [0, 0.1) is 0 Å². The van der Waals surface area contributed by atoms with Crippen molar-refractivity contribution in [3.8, 4) is 11.5 Å². The highest BCUT2D eigenvalue weighted by Crippen LogP contribution is 2.29. The summed E-state index contributed by atoms with van der Waals surface area (Å²) in [7, 11) is 0. The summed E-state index contributed by atoms with van der Waals surface area (Å²) in [5.74, 6) is 1.68. The molecule has 0 saturated heterocycles. The average Bonchev–Trinajstić information content (AvgIpc) is 2.59. The molecular formula is C14H19NO2. The second-order valence-corrected chi connectivity index (χ2v) is 4.15. The van der Waals surface area contributed by atoms with Crippen molar-refractivity contribution >= 4 is 6.21 Å². The van der Waals surface area contributed by atoms with Crippen molar-refractivity contribution in [2.24, 2.45) is 4.99 Å². The highest BCUT2D eigenvalue weighted by atomic mass is 16.5. The van der Waals surface area contributed by atoms with E-state index in [1.807, 2.05) is 24.4 Å². The number of unbranched alkanes of at least 4 members (excludes halogenated alkanes) is 1. The average molecular weight is 233 g/mol. The molecule has 1 aliphatic heterocycles. The van der Waals surface area contributed by atoms with Gasteiger partial charge in [0.25, 0.3) is 0 Å². The maximum atomic E-state index is 5.63. The zero-order valence-corrected chi connectivity index (χ0v) is 10.3. The Balaban J connectivity index is 2.04. The first-order chi connectivity index (χ1) is 8.40. The van der Waals surface area contributed by atoms with Crippen molar-refractivity contribution < 1.29 is 9.47 Å². The number of benzene rings is 1. The molecule has 92 valence electrons. The van der Waals surface area contributed by atoms with Crippen LogP contribution in [0.1, 0.15) is 31.7 Å². The van der Waals surface area contributed by atoms with Crippen LogP contribution in [0.25, 0.3) is 0 Å². The maximum absolute atomic E-state index is 5.63. The number of fused-ring (bicyclic) bond motifs is 1. The topological polar surface area (TPSA) is 30.8 Å². The lowest BCUT2D eigenvalue weighted by Gasteiger charge is -2.07. The van der Waals surface area contributed by atoms with Crippen LogP contribution in [-0.4, -0.2) is 26.0 Å². The maximum Gasteiger partial charge on any atom is 0.161 e. The van der Waals surface area contributed by atoms with Gasteiger partial charge in [-0.1, -0.05) is 13.3 Å². The molecule has 17 heavy (non-hydrogen) atoms. The van der Waals surface area contributed by atoms with Gasteiger partial charge < -0.3 is 9.47 Å². The molecule has 0 N–H and O–H groups in total. The Morgan fingerprint density at radius 2 is 2.06 bits per heavy atom. The molecule has 0 saturated carbocycles. The number of aliphatic imine (C=N–C) groups is 1. The number of hydrogen-bond donors (Lipinski definition) is 0. The van der Waals surface area contributed by atoms with Gasteiger partial charge in [0.1, 0.15) is 0 Å². The molecule has 1 heterocycles. The van der Waals surface area contributed by atoms with Gasteiger partial charge in [-0.2, -0.15) is 0 Å². The summed E-state index contributed by atoms with van der Waals surface area (Å²) >= 11 is 0. The van der Waals surface area contributed by atoms with Crippen LogP contribution in [0.15, 0.2) is 23.2 Å². The highest BCUT2D eigenvalue weighted by molar-refractivity contribution is 5.80. The molecule has 0 unspecified atom stereocenters. The van der Waals surface area contributed by atoms with Crippen LogP contribution < -0.4 is 9.47 Å². The highest BCUT2D eigenvalue weighted by Gasteiger charge is 2.09. The molecule has 0 bridgehead atoms. The van der Waals surface area contributed by atoms with E-state index in [0.29, 0.717) is 0 Å². The van der Waals surface area contributed by atoms with Crippen molar-refractivity contribution in [1.82, 2.24) is 0 Å². The van der Waals surface area contributed by atoms with Gasteiger partial charge in [0.15, 0.2) is 11.5 Å². The van der Waals surface area contributed by atoms with E-state index >= 15 is 0 Å². The molecule has 3 heteroatoms. The second-order valence-electron chi connectivity index (χ2n) is 4.15. The third-order valence-corrected chi connectivity index (χ3v) is 2.65. The van der Waals surface area contributed by atoms with Crippen molar-refractivity contribution in [3.05, 3.63) is 23.8 Å². The Morgan fingerprint density at radius 1 is 1.24 bits per heavy atom. The van der Waals surface area contributed by atoms with E-state index in [1.165, 1.54) is 6.42 Å². The van der Waals surface area contributed by atoms with E-state index in [1.54, 1.807) is 0 Å². The van der Waals surface area contributed by atoms with E-state index in [4.69, 9.17) is 9.47 Å². The minimum atomic E-state index is 0.726. The van der Waals surface area contributed by atoms with Gasteiger partial charge in [0.2, 0.25) is 0 Å². The van der Waals surface area contributed by atoms with Crippen molar-refractivity contribution in [3.63, 3.8) is 0 Å². The molecule has 1 aromatic carbocycles. The van der Waals surface area contributed by atoms with Crippen molar-refractivity contribution in [2.45, 2.75) is 26.2 Å². The smallest absolute Gasteiger partial charge is 0.161 e. The van der Waals surface area contributed by atoms with Gasteiger partial charge in [0.05, 0.1) is 13.2 Å². The molecular weight excluding hydrogens is 214 g/mol. The predicted octanol–water partition coefficient (Wildman–Crippen LogP) is 3.07. The first kappa shape index (κ1) is 12.0. The van der Waals surface area contributed by atoms with E-state index in [-0.39, 0.29) is 0 Å². The van der Waals surface area contributed by atoms with E-state index in [2.05, 4.69) is 11.9 Å². The van der Waals surface area contributed by atoms with Crippen molar-refractivity contribution in [1.29, 1.82) is 0 Å². The van der Waals surface area contributed by atoms with Gasteiger partial charge in [-0.3, -0.25) is 4.99 Å². The summed E-state index contributed by atoms with van der Waals surface area (Å²) in [5.41, 5.74) is 1.07. The molecule has 0 aliphatic carbocycles. The number of nitrogens with zero attached hydrogens (tertiary/aromatic N) is 1. The summed E-state index contributed by atoms with van der Waals surface area (Å²) in [6.45, 7) is 4.52. The number of ether oxygens (including phenoxy) is 2. The Labute approximate surface area is 102 Å². The van der Waals surface area contributed by atoms with E-state index < -0.39 is 0 Å². The molecule has 0 spiro atoms. The molecule has 0 fully saturated rings. The van der Waals surface area contributed by atoms with Crippen LogP contribution in [0.4, 0.5) is 0 Å². The summed E-state index contributed by atoms with van der Waals surface area (Å²) in [5, 5.41) is 0. The molecule has 0 atom stereocenters. The lowest BCUT2D eigenvalue weighted by atomic mass is 10.2. The van der Waals surface area contributed by atoms with Crippen LogP contribution in [0.3, 0.4) is 0 Å². The molecule has 2 rings (SSSR count). The fraction of sp³-hybridized carbons (Fsp3) is 0.500. The molecule has 1 aromatic rings. The first-order valence-electron chi connectivity index (χ1n) is 6.29. The zero-order valence-electron chi connectivity index (χ0n) is 10.3. The van der Waals surface area contributed by atoms with Gasteiger partial charge in [-0.05, 0) is 30.2 Å². The standard InChI is InChI=1S/C14H19NO2/c1-2-3-7-15-11-12-5-6-13-14(10-12)17-9-4-8-16-13/h5-6,10-11H,2-4,7-9H2,1H3.